The maximum Gasteiger partial charge on any atom is 0.124 e. The summed E-state index contributed by atoms with van der Waals surface area (Å²) in [5.41, 5.74) is 2.11. The molecule has 1 atom stereocenters. The Kier molecular flexibility index (Phi) is 4.31. The highest BCUT2D eigenvalue weighted by molar-refractivity contribution is 5.37. The molecule has 3 nitrogen and oxygen atoms in total. The Labute approximate surface area is 91.9 Å². The first-order valence-electron chi connectivity index (χ1n) is 4.93. The lowest BCUT2D eigenvalue weighted by Gasteiger charge is -2.32. The van der Waals surface area contributed by atoms with E-state index in [1.807, 2.05) is 25.1 Å². The van der Waals surface area contributed by atoms with Gasteiger partial charge >= 0.3 is 0 Å². The molecule has 0 bridgehead atoms. The largest absolute Gasteiger partial charge is 0.870 e. The van der Waals surface area contributed by atoms with Crippen LogP contribution in [-0.4, -0.2) is 36.2 Å². The van der Waals surface area contributed by atoms with Gasteiger partial charge in [-0.1, -0.05) is 6.07 Å². The molecule has 0 aromatic heterocycles. The highest BCUT2D eigenvalue weighted by atomic mass is 16.3. The molecule has 0 saturated heterocycles. The van der Waals surface area contributed by atoms with Crippen LogP contribution < -0.4 is 0 Å². The molecular weight excluding hydrogens is 190 g/mol. The number of phenols is 1. The van der Waals surface area contributed by atoms with Crippen molar-refractivity contribution in [1.82, 2.24) is 0 Å². The summed E-state index contributed by atoms with van der Waals surface area (Å²) in [6.45, 7) is 4.12. The van der Waals surface area contributed by atoms with Crippen LogP contribution in [0, 0.1) is 6.92 Å². The van der Waals surface area contributed by atoms with Crippen LogP contribution >= 0.6 is 0 Å². The summed E-state index contributed by atoms with van der Waals surface area (Å²) < 4.78 is 0.816. The lowest BCUT2D eigenvalue weighted by atomic mass is 10.0. The third kappa shape index (κ3) is 3.22. The number of quaternary nitrogens is 1. The molecule has 1 aromatic carbocycles. The summed E-state index contributed by atoms with van der Waals surface area (Å²) in [6.07, 6.45) is 0. The quantitative estimate of drug-likeness (QED) is 0.763. The predicted octanol–water partition coefficient (Wildman–Crippen LogP) is 2.29. The van der Waals surface area contributed by atoms with Crippen LogP contribution in [0.25, 0.3) is 0 Å². The Morgan fingerprint density at radius 1 is 1.20 bits per heavy atom. The molecule has 0 amide bonds. The van der Waals surface area contributed by atoms with Crippen molar-refractivity contribution in [3.8, 4) is 5.75 Å². The van der Waals surface area contributed by atoms with Crippen molar-refractivity contribution in [2.24, 2.45) is 0 Å². The van der Waals surface area contributed by atoms with Gasteiger partial charge in [0.2, 0.25) is 0 Å². The van der Waals surface area contributed by atoms with Gasteiger partial charge in [-0.15, -0.1) is 0 Å². The zero-order valence-electron chi connectivity index (χ0n) is 10.2. The zero-order valence-corrected chi connectivity index (χ0v) is 10.2. The number of hydrogen-bond acceptors (Lipinski definition) is 2. The Morgan fingerprint density at radius 2 is 1.73 bits per heavy atom. The molecular formula is C12H21NO2. The number of nitrogens with zero attached hydrogens (tertiary/aromatic N) is 1. The first-order valence-corrected chi connectivity index (χ1v) is 4.93. The van der Waals surface area contributed by atoms with Crippen molar-refractivity contribution < 1.29 is 15.1 Å². The van der Waals surface area contributed by atoms with Crippen LogP contribution in [0.4, 0.5) is 0 Å². The summed E-state index contributed by atoms with van der Waals surface area (Å²) in [5.74, 6) is 0.408. The first-order chi connectivity index (χ1) is 6.32. The molecule has 0 saturated carbocycles. The van der Waals surface area contributed by atoms with Crippen LogP contribution in [0.3, 0.4) is 0 Å². The maximum absolute atomic E-state index is 9.82. The van der Waals surface area contributed by atoms with Crippen LogP contribution in [0.1, 0.15) is 24.1 Å². The fourth-order valence-electron chi connectivity index (χ4n) is 1.42. The summed E-state index contributed by atoms with van der Waals surface area (Å²) in [4.78, 5) is 0. The van der Waals surface area contributed by atoms with Gasteiger partial charge in [-0.2, -0.15) is 0 Å². The molecule has 86 valence electrons. The van der Waals surface area contributed by atoms with Crippen molar-refractivity contribution in [1.29, 1.82) is 0 Å². The van der Waals surface area contributed by atoms with Crippen molar-refractivity contribution in [3.05, 3.63) is 29.3 Å². The van der Waals surface area contributed by atoms with Crippen LogP contribution in [0.5, 0.6) is 5.75 Å². The van der Waals surface area contributed by atoms with E-state index in [0.717, 1.165) is 15.6 Å². The minimum atomic E-state index is 0. The van der Waals surface area contributed by atoms with E-state index in [4.69, 9.17) is 0 Å². The normalized spacial score (nSPS) is 13.1. The standard InChI is InChI=1S/C12H19NO.H2O/c1-9-6-7-11(12(14)8-9)10(2)13(3,4)5;/h6-8,10H,1-5H3;1H2. The van der Waals surface area contributed by atoms with E-state index in [-0.39, 0.29) is 5.48 Å². The Balaban J connectivity index is 0.00000196. The lowest BCUT2D eigenvalue weighted by Crippen LogP contribution is -2.37. The number of aromatic hydroxyl groups is 1. The smallest absolute Gasteiger partial charge is 0.124 e. The fourth-order valence-corrected chi connectivity index (χ4v) is 1.42. The molecule has 0 spiro atoms. The Bertz CT molecular complexity index is 329. The summed E-state index contributed by atoms with van der Waals surface area (Å²) >= 11 is 0. The van der Waals surface area contributed by atoms with E-state index >= 15 is 0 Å². The molecule has 2 N–H and O–H groups in total. The van der Waals surface area contributed by atoms with Gasteiger partial charge in [0.05, 0.1) is 26.7 Å². The summed E-state index contributed by atoms with van der Waals surface area (Å²) in [7, 11) is 6.39. The van der Waals surface area contributed by atoms with Gasteiger partial charge in [-0.3, -0.25) is 0 Å². The van der Waals surface area contributed by atoms with E-state index in [1.165, 1.54) is 0 Å². The summed E-state index contributed by atoms with van der Waals surface area (Å²) in [5, 5.41) is 9.82. The van der Waals surface area contributed by atoms with Gasteiger partial charge < -0.3 is 15.1 Å². The monoisotopic (exact) mass is 211 g/mol. The van der Waals surface area contributed by atoms with Crippen LogP contribution in [0.15, 0.2) is 18.2 Å². The first kappa shape index (κ1) is 13.9. The fraction of sp³-hybridized carbons (Fsp3) is 0.500. The third-order valence-electron chi connectivity index (χ3n) is 2.80. The van der Waals surface area contributed by atoms with Crippen molar-refractivity contribution in [2.45, 2.75) is 19.9 Å². The topological polar surface area (TPSA) is 50.2 Å². The molecule has 0 aliphatic rings. The number of benzene rings is 1. The van der Waals surface area contributed by atoms with Crippen LogP contribution in [-0.2, 0) is 0 Å². The highest BCUT2D eigenvalue weighted by Gasteiger charge is 2.22. The number of hydrogen-bond donors (Lipinski definition) is 1. The zero-order chi connectivity index (χ0) is 10.9. The average molecular weight is 211 g/mol. The number of phenolic OH excluding ortho intramolecular Hbond substituents is 1. The second-order valence-corrected chi connectivity index (χ2v) is 4.85. The van der Waals surface area contributed by atoms with E-state index < -0.39 is 0 Å². The Hall–Kier alpha value is -1.06. The van der Waals surface area contributed by atoms with E-state index in [1.54, 1.807) is 0 Å². The average Bonchev–Trinajstić information content (AvgIpc) is 2.01. The summed E-state index contributed by atoms with van der Waals surface area (Å²) in [6, 6.07) is 6.18. The molecule has 1 aromatic rings. The van der Waals surface area contributed by atoms with Crippen molar-refractivity contribution in [2.75, 3.05) is 21.1 Å². The second kappa shape index (κ2) is 4.64. The van der Waals surface area contributed by atoms with E-state index in [0.29, 0.717) is 11.8 Å². The third-order valence-corrected chi connectivity index (χ3v) is 2.80. The highest BCUT2D eigenvalue weighted by Crippen LogP contribution is 2.30. The molecule has 0 aliphatic heterocycles. The molecule has 0 aliphatic carbocycles. The number of aryl methyl sites for hydroxylation is 1. The molecule has 1 rings (SSSR count). The lowest BCUT2D eigenvalue weighted by molar-refractivity contribution is -0.900. The molecule has 1 unspecified atom stereocenters. The van der Waals surface area contributed by atoms with Gasteiger partial charge in [-0.05, 0) is 31.5 Å². The van der Waals surface area contributed by atoms with E-state index in [9.17, 15) is 5.11 Å². The molecule has 3 heteroatoms. The molecule has 0 heterocycles. The minimum absolute atomic E-state index is 0. The number of rotatable bonds is 2. The maximum atomic E-state index is 9.82. The van der Waals surface area contributed by atoms with Crippen molar-refractivity contribution in [3.63, 3.8) is 0 Å². The van der Waals surface area contributed by atoms with Crippen molar-refractivity contribution >= 4 is 0 Å². The van der Waals surface area contributed by atoms with E-state index in [2.05, 4.69) is 28.1 Å². The molecule has 0 radical (unpaired) electrons. The predicted molar refractivity (Wildman–Crippen MR) is 61.2 cm³/mol. The van der Waals surface area contributed by atoms with Gasteiger partial charge in [0.25, 0.3) is 0 Å². The SMILES string of the molecule is Cc1ccc(C(C)[N+](C)(C)C)c(O)c1.[OH-]. The second-order valence-electron chi connectivity index (χ2n) is 4.85. The molecule has 15 heavy (non-hydrogen) atoms. The van der Waals surface area contributed by atoms with Crippen LogP contribution in [0.2, 0.25) is 0 Å². The molecule has 0 fully saturated rings. The van der Waals surface area contributed by atoms with Gasteiger partial charge in [-0.25, -0.2) is 0 Å². The minimum Gasteiger partial charge on any atom is -0.870 e. The Morgan fingerprint density at radius 3 is 2.13 bits per heavy atom. The van der Waals surface area contributed by atoms with Gasteiger partial charge in [0.1, 0.15) is 11.8 Å². The van der Waals surface area contributed by atoms with Gasteiger partial charge in [0.15, 0.2) is 0 Å². The van der Waals surface area contributed by atoms with Gasteiger partial charge in [0, 0.05) is 0 Å².